The minimum Gasteiger partial charge on any atom is -0.496 e. The van der Waals surface area contributed by atoms with Gasteiger partial charge in [-0.05, 0) is 95.4 Å². The summed E-state index contributed by atoms with van der Waals surface area (Å²) in [6, 6.07) is 14.7. The lowest BCUT2D eigenvalue weighted by Crippen LogP contribution is -2.21. The summed E-state index contributed by atoms with van der Waals surface area (Å²) >= 11 is 2.10. The van der Waals surface area contributed by atoms with Crippen LogP contribution in [0.5, 0.6) is 17.2 Å². The molecule has 0 aliphatic carbocycles. The van der Waals surface area contributed by atoms with Gasteiger partial charge in [0.05, 0.1) is 41.5 Å². The van der Waals surface area contributed by atoms with Crippen molar-refractivity contribution in [1.82, 2.24) is 9.66 Å². The van der Waals surface area contributed by atoms with Crippen LogP contribution >= 0.6 is 22.6 Å². The van der Waals surface area contributed by atoms with E-state index in [1.165, 1.54) is 11.8 Å². The number of methoxy groups -OCH3 is 2. The zero-order chi connectivity index (χ0) is 29.7. The van der Waals surface area contributed by atoms with Gasteiger partial charge in [0.1, 0.15) is 5.75 Å². The Bertz CT molecular complexity index is 1680. The molecule has 0 amide bonds. The van der Waals surface area contributed by atoms with Gasteiger partial charge in [-0.2, -0.15) is 9.78 Å². The van der Waals surface area contributed by atoms with Crippen molar-refractivity contribution < 1.29 is 23.7 Å². The predicted octanol–water partition coefficient (Wildman–Crippen LogP) is 5.94. The Morgan fingerprint density at radius 3 is 2.51 bits per heavy atom. The summed E-state index contributed by atoms with van der Waals surface area (Å²) in [6.07, 6.45) is 1.57. The topological polar surface area (TPSA) is 101 Å². The second kappa shape index (κ2) is 13.2. The Kier molecular flexibility index (Phi) is 9.64. The molecule has 1 heterocycles. The van der Waals surface area contributed by atoms with Crippen molar-refractivity contribution in [1.29, 1.82) is 0 Å². The molecule has 0 aliphatic rings. The number of benzene rings is 3. The molecule has 3 aromatic carbocycles. The van der Waals surface area contributed by atoms with Gasteiger partial charge in [0.25, 0.3) is 5.56 Å². The average molecular weight is 670 g/mol. The Morgan fingerprint density at radius 2 is 1.83 bits per heavy atom. The molecule has 4 aromatic rings. The number of halogens is 1. The number of hydrogen-bond acceptors (Lipinski definition) is 8. The number of aryl methyl sites for hydroxylation is 1. The van der Waals surface area contributed by atoms with E-state index >= 15 is 0 Å². The van der Waals surface area contributed by atoms with Gasteiger partial charge >= 0.3 is 5.97 Å². The number of hydrogen-bond donors (Lipinski definition) is 0. The number of ether oxygens (including phenoxy) is 4. The molecule has 214 valence electrons. The minimum absolute atomic E-state index is 0.188. The average Bonchev–Trinajstić information content (AvgIpc) is 2.95. The number of rotatable bonds is 10. The largest absolute Gasteiger partial charge is 0.496 e. The van der Waals surface area contributed by atoms with E-state index in [1.54, 1.807) is 38.4 Å². The predicted molar refractivity (Wildman–Crippen MR) is 168 cm³/mol. The molecule has 9 nitrogen and oxygen atoms in total. The lowest BCUT2D eigenvalue weighted by atomic mass is 9.96. The maximum absolute atomic E-state index is 13.7. The molecular formula is C31H32IN3O6. The number of carbonyl (C=O) groups excluding carboxylic acids is 1. The quantitative estimate of drug-likeness (QED) is 0.117. The number of carbonyl (C=O) groups is 1. The number of esters is 1. The first-order chi connectivity index (χ1) is 19.7. The maximum Gasteiger partial charge on any atom is 0.344 e. The van der Waals surface area contributed by atoms with Crippen LogP contribution in [0.3, 0.4) is 0 Å². The molecule has 0 N–H and O–H groups in total. The molecule has 10 heteroatoms. The van der Waals surface area contributed by atoms with Crippen LogP contribution in [0.1, 0.15) is 43.4 Å². The van der Waals surface area contributed by atoms with Gasteiger partial charge in [-0.15, -0.1) is 0 Å². The first-order valence-electron chi connectivity index (χ1n) is 13.1. The molecule has 0 saturated carbocycles. The summed E-state index contributed by atoms with van der Waals surface area (Å²) in [4.78, 5) is 30.4. The van der Waals surface area contributed by atoms with E-state index in [1.807, 2.05) is 37.3 Å². The van der Waals surface area contributed by atoms with Crippen molar-refractivity contribution in [3.05, 3.63) is 79.1 Å². The second-order valence-electron chi connectivity index (χ2n) is 9.51. The van der Waals surface area contributed by atoms with Crippen molar-refractivity contribution in [2.75, 3.05) is 27.4 Å². The molecule has 0 fully saturated rings. The summed E-state index contributed by atoms with van der Waals surface area (Å²) in [5.41, 5.74) is 3.64. The molecule has 0 unspecified atom stereocenters. The first-order valence-corrected chi connectivity index (χ1v) is 14.2. The third-order valence-corrected chi connectivity index (χ3v) is 7.21. The van der Waals surface area contributed by atoms with Crippen LogP contribution in [0.4, 0.5) is 0 Å². The Labute approximate surface area is 252 Å². The highest BCUT2D eigenvalue weighted by Gasteiger charge is 2.19. The number of fused-ring (bicyclic) bond motifs is 1. The Hall–Kier alpha value is -3.93. The highest BCUT2D eigenvalue weighted by Crippen LogP contribution is 2.35. The lowest BCUT2D eigenvalue weighted by Gasteiger charge is -2.17. The molecule has 0 saturated heterocycles. The summed E-state index contributed by atoms with van der Waals surface area (Å²) < 4.78 is 23.8. The van der Waals surface area contributed by atoms with Crippen molar-refractivity contribution in [3.63, 3.8) is 0 Å². The van der Waals surface area contributed by atoms with Crippen molar-refractivity contribution in [3.8, 4) is 28.6 Å². The molecule has 0 bridgehead atoms. The monoisotopic (exact) mass is 669 g/mol. The molecular weight excluding hydrogens is 637 g/mol. The van der Waals surface area contributed by atoms with Crippen LogP contribution in [-0.2, 0) is 9.53 Å². The van der Waals surface area contributed by atoms with E-state index in [2.05, 4.69) is 41.5 Å². The molecule has 0 radical (unpaired) electrons. The van der Waals surface area contributed by atoms with E-state index in [-0.39, 0.29) is 24.7 Å². The minimum atomic E-state index is -0.471. The van der Waals surface area contributed by atoms with Gasteiger partial charge in [0.15, 0.2) is 23.9 Å². The van der Waals surface area contributed by atoms with Crippen LogP contribution in [0, 0.1) is 10.5 Å². The fourth-order valence-corrected chi connectivity index (χ4v) is 5.17. The third-order valence-electron chi connectivity index (χ3n) is 6.41. The summed E-state index contributed by atoms with van der Waals surface area (Å²) in [6.45, 7) is 7.90. The van der Waals surface area contributed by atoms with Crippen LogP contribution in [-0.4, -0.2) is 49.3 Å². The standard InChI is InChI=1S/C31H32IN3O6/c1-7-40-28(36)17-41-29-24(32)13-20(14-27(29)39-6)16-33-35-30(34-25-11-9-8-10-21(25)31(35)37)23-15-22(18(2)3)26(38-5)12-19(23)4/h8-16,18H,7,17H2,1-6H3. The van der Waals surface area contributed by atoms with E-state index in [4.69, 9.17) is 23.9 Å². The molecule has 1 aromatic heterocycles. The molecule has 0 aliphatic heterocycles. The van der Waals surface area contributed by atoms with Crippen LogP contribution in [0.2, 0.25) is 0 Å². The zero-order valence-electron chi connectivity index (χ0n) is 23.9. The molecule has 0 spiro atoms. The number of nitrogens with zero attached hydrogens (tertiary/aromatic N) is 3. The first kappa shape index (κ1) is 30.0. The zero-order valence-corrected chi connectivity index (χ0v) is 26.0. The summed E-state index contributed by atoms with van der Waals surface area (Å²) in [7, 11) is 3.16. The van der Waals surface area contributed by atoms with Gasteiger partial charge in [0, 0.05) is 5.56 Å². The number of aromatic nitrogens is 2. The SMILES string of the molecule is CCOC(=O)COc1c(I)cc(C=Nn2c(-c3cc(C(C)C)c(OC)cc3C)nc3ccccc3c2=O)cc1OC. The fourth-order valence-electron chi connectivity index (χ4n) is 4.38. The van der Waals surface area contributed by atoms with Gasteiger partial charge in [-0.1, -0.05) is 26.0 Å². The fraction of sp³-hybridized carbons (Fsp3) is 0.290. The van der Waals surface area contributed by atoms with Crippen LogP contribution in [0.15, 0.2) is 58.4 Å². The van der Waals surface area contributed by atoms with E-state index in [9.17, 15) is 9.59 Å². The van der Waals surface area contributed by atoms with Crippen molar-refractivity contribution in [2.24, 2.45) is 5.10 Å². The third kappa shape index (κ3) is 6.53. The number of para-hydroxylation sites is 1. The summed E-state index contributed by atoms with van der Waals surface area (Å²) in [5, 5.41) is 5.07. The Balaban J connectivity index is 1.84. The summed E-state index contributed by atoms with van der Waals surface area (Å²) in [5.74, 6) is 1.75. The molecule has 41 heavy (non-hydrogen) atoms. The lowest BCUT2D eigenvalue weighted by molar-refractivity contribution is -0.145. The Morgan fingerprint density at radius 1 is 1.10 bits per heavy atom. The van der Waals surface area contributed by atoms with E-state index in [0.717, 1.165) is 22.4 Å². The van der Waals surface area contributed by atoms with Gasteiger partial charge < -0.3 is 18.9 Å². The van der Waals surface area contributed by atoms with Crippen molar-refractivity contribution in [2.45, 2.75) is 33.6 Å². The van der Waals surface area contributed by atoms with Gasteiger partial charge in [0.2, 0.25) is 0 Å². The smallest absolute Gasteiger partial charge is 0.344 e. The highest BCUT2D eigenvalue weighted by molar-refractivity contribution is 14.1. The molecule has 4 rings (SSSR count). The van der Waals surface area contributed by atoms with Crippen LogP contribution in [0.25, 0.3) is 22.3 Å². The van der Waals surface area contributed by atoms with E-state index < -0.39 is 5.97 Å². The maximum atomic E-state index is 13.7. The normalized spacial score (nSPS) is 11.3. The second-order valence-corrected chi connectivity index (χ2v) is 10.7. The van der Waals surface area contributed by atoms with Crippen LogP contribution < -0.4 is 19.8 Å². The van der Waals surface area contributed by atoms with E-state index in [0.29, 0.717) is 37.4 Å². The molecule has 0 atom stereocenters. The van der Waals surface area contributed by atoms with Crippen molar-refractivity contribution >= 4 is 45.7 Å². The highest BCUT2D eigenvalue weighted by atomic mass is 127. The van der Waals surface area contributed by atoms with Gasteiger partial charge in [-0.3, -0.25) is 4.79 Å². The van der Waals surface area contributed by atoms with Gasteiger partial charge in [-0.25, -0.2) is 9.78 Å².